The molecule has 1 aromatic heterocycles. The van der Waals surface area contributed by atoms with Crippen molar-refractivity contribution < 1.29 is 24.2 Å². The van der Waals surface area contributed by atoms with Gasteiger partial charge in [-0.3, -0.25) is 14.4 Å². The quantitative estimate of drug-likeness (QED) is 0.166. The molecule has 1 saturated heterocycles. The summed E-state index contributed by atoms with van der Waals surface area (Å²) in [7, 11) is 0. The second kappa shape index (κ2) is 14.8. The largest absolute Gasteiger partial charge is 0.381 e. The molecule has 12 nitrogen and oxygen atoms in total. The van der Waals surface area contributed by atoms with Gasteiger partial charge in [0.15, 0.2) is 6.10 Å². The number of H-pyrrole nitrogens is 1. The highest BCUT2D eigenvalue weighted by Crippen LogP contribution is 2.30. The Bertz CT molecular complexity index is 1950. The average molecular weight is 674 g/mol. The summed E-state index contributed by atoms with van der Waals surface area (Å²) in [4.78, 5) is 43.2. The minimum Gasteiger partial charge on any atom is -0.381 e. The van der Waals surface area contributed by atoms with E-state index in [1.807, 2.05) is 87.5 Å². The number of nitrogens with one attached hydrogen (secondary N) is 3. The monoisotopic (exact) mass is 673 g/mol. The number of aliphatic hydroxyl groups excluding tert-OH is 1. The maximum absolute atomic E-state index is 14.0. The molecule has 6 rings (SSSR count). The minimum absolute atomic E-state index is 0.123. The van der Waals surface area contributed by atoms with Crippen molar-refractivity contribution in [3.05, 3.63) is 131 Å². The van der Waals surface area contributed by atoms with E-state index in [1.54, 1.807) is 41.3 Å². The second-order valence-electron chi connectivity index (χ2n) is 13.3. The topological polar surface area (TPSA) is 162 Å². The molecule has 3 amide bonds. The third-order valence-corrected chi connectivity index (χ3v) is 8.63. The van der Waals surface area contributed by atoms with E-state index in [0.29, 0.717) is 29.2 Å². The van der Waals surface area contributed by atoms with Crippen LogP contribution in [0.15, 0.2) is 103 Å². The Balaban J connectivity index is 1.26. The van der Waals surface area contributed by atoms with E-state index in [2.05, 4.69) is 31.3 Å². The molecule has 1 fully saturated rings. The van der Waals surface area contributed by atoms with Crippen LogP contribution in [0.4, 0.5) is 5.69 Å². The van der Waals surface area contributed by atoms with Gasteiger partial charge in [0, 0.05) is 22.4 Å². The van der Waals surface area contributed by atoms with Crippen LogP contribution in [0, 0.1) is 0 Å². The average Bonchev–Trinajstić information content (AvgIpc) is 3.85. The van der Waals surface area contributed by atoms with Crippen LogP contribution in [-0.2, 0) is 21.4 Å². The molecule has 0 radical (unpaired) electrons. The van der Waals surface area contributed by atoms with Crippen molar-refractivity contribution in [2.75, 3.05) is 18.7 Å². The Hall–Kier alpha value is -5.72. The van der Waals surface area contributed by atoms with Crippen LogP contribution >= 0.6 is 0 Å². The van der Waals surface area contributed by atoms with Gasteiger partial charge in [-0.25, -0.2) is 0 Å². The zero-order valence-corrected chi connectivity index (χ0v) is 28.0. The molecule has 3 atom stereocenters. The fraction of sp³-hybridized carbons (Fsp3) is 0.263. The summed E-state index contributed by atoms with van der Waals surface area (Å²) in [6, 6.07) is 29.6. The summed E-state index contributed by atoms with van der Waals surface area (Å²) in [5, 5.41) is 31.0. The molecule has 0 saturated carbocycles. The maximum Gasteiger partial charge on any atom is 0.256 e. The van der Waals surface area contributed by atoms with Gasteiger partial charge in [0.1, 0.15) is 6.73 Å². The third-order valence-electron chi connectivity index (χ3n) is 8.63. The summed E-state index contributed by atoms with van der Waals surface area (Å²) in [6.45, 7) is 6.50. The molecule has 5 aromatic rings. The number of hydrogen-bond acceptors (Lipinski definition) is 8. The van der Waals surface area contributed by atoms with E-state index in [0.717, 1.165) is 16.7 Å². The number of amides is 3. The SMILES string of the molecule is CC(C)(C)c1cc(C(=O)N[C@@H](Cc2ccccc2)[C@H](O)C(=O)Nc2cccc(-c3nn[nH]n3)c2)cc(C(=O)N2COC[C@@H]2c2ccccc2)c1. The van der Waals surface area contributed by atoms with E-state index in [9.17, 15) is 19.5 Å². The van der Waals surface area contributed by atoms with Crippen molar-refractivity contribution in [1.29, 1.82) is 0 Å². The number of carbonyl (C=O) groups is 3. The summed E-state index contributed by atoms with van der Waals surface area (Å²) < 4.78 is 5.72. The number of anilines is 1. The van der Waals surface area contributed by atoms with Gasteiger partial charge < -0.3 is 25.4 Å². The van der Waals surface area contributed by atoms with Gasteiger partial charge in [-0.1, -0.05) is 93.6 Å². The van der Waals surface area contributed by atoms with Crippen LogP contribution in [0.2, 0.25) is 0 Å². The molecule has 256 valence electrons. The normalized spacial score (nSPS) is 15.7. The Labute approximate surface area is 289 Å². The van der Waals surface area contributed by atoms with Gasteiger partial charge in [0.25, 0.3) is 17.7 Å². The minimum atomic E-state index is -1.63. The highest BCUT2D eigenvalue weighted by atomic mass is 16.5. The van der Waals surface area contributed by atoms with Gasteiger partial charge in [0.05, 0.1) is 18.7 Å². The Morgan fingerprint density at radius 2 is 1.66 bits per heavy atom. The lowest BCUT2D eigenvalue weighted by Crippen LogP contribution is -2.50. The molecular weight excluding hydrogens is 634 g/mol. The van der Waals surface area contributed by atoms with Crippen LogP contribution in [0.1, 0.15) is 64.2 Å². The van der Waals surface area contributed by atoms with Gasteiger partial charge in [-0.2, -0.15) is 5.21 Å². The van der Waals surface area contributed by atoms with Crippen LogP contribution in [0.3, 0.4) is 0 Å². The molecule has 2 heterocycles. The molecule has 1 aliphatic heterocycles. The molecule has 0 spiro atoms. The number of carbonyl (C=O) groups excluding carboxylic acids is 3. The van der Waals surface area contributed by atoms with Crippen LogP contribution in [0.25, 0.3) is 11.4 Å². The van der Waals surface area contributed by atoms with Crippen molar-refractivity contribution in [2.45, 2.75) is 50.8 Å². The number of nitrogens with zero attached hydrogens (tertiary/aromatic N) is 4. The van der Waals surface area contributed by atoms with Gasteiger partial charge in [-0.05, 0) is 64.1 Å². The fourth-order valence-electron chi connectivity index (χ4n) is 5.86. The zero-order chi connectivity index (χ0) is 35.3. The van der Waals surface area contributed by atoms with Crippen molar-refractivity contribution in [3.8, 4) is 11.4 Å². The maximum atomic E-state index is 14.0. The van der Waals surface area contributed by atoms with E-state index < -0.39 is 29.4 Å². The van der Waals surface area contributed by atoms with E-state index >= 15 is 0 Å². The lowest BCUT2D eigenvalue weighted by Gasteiger charge is -2.26. The highest BCUT2D eigenvalue weighted by molar-refractivity contribution is 6.01. The molecule has 12 heteroatoms. The van der Waals surface area contributed by atoms with Gasteiger partial charge in [0.2, 0.25) is 5.82 Å². The number of aliphatic hydroxyl groups is 1. The molecule has 0 unspecified atom stereocenters. The van der Waals surface area contributed by atoms with Gasteiger partial charge >= 0.3 is 0 Å². The lowest BCUT2D eigenvalue weighted by molar-refractivity contribution is -0.125. The Morgan fingerprint density at radius 3 is 2.36 bits per heavy atom. The number of ether oxygens (including phenoxy) is 1. The lowest BCUT2D eigenvalue weighted by atomic mass is 9.84. The Kier molecular flexibility index (Phi) is 10.1. The second-order valence-corrected chi connectivity index (χ2v) is 13.3. The number of tetrazole rings is 1. The number of aromatic nitrogens is 4. The standard InChI is InChI=1S/C38H39N7O5/c1-38(2,3)29-19-27(18-28(20-29)37(49)45-23-50-22-32(45)25-13-8-5-9-14-25)35(47)40-31(17-24-11-6-4-7-12-24)33(46)36(48)39-30-16-10-15-26(21-30)34-41-43-44-42-34/h4-16,18-21,31-33,46H,17,22-23H2,1-3H3,(H,39,48)(H,40,47)(H,41,42,43,44)/t31-,32+,33-/m0/s1. The molecule has 50 heavy (non-hydrogen) atoms. The Morgan fingerprint density at radius 1 is 0.940 bits per heavy atom. The van der Waals surface area contributed by atoms with Crippen LogP contribution < -0.4 is 10.6 Å². The summed E-state index contributed by atoms with van der Waals surface area (Å²) >= 11 is 0. The number of rotatable bonds is 10. The zero-order valence-electron chi connectivity index (χ0n) is 28.0. The van der Waals surface area contributed by atoms with Crippen molar-refractivity contribution in [1.82, 2.24) is 30.8 Å². The molecule has 4 aromatic carbocycles. The number of aromatic amines is 1. The summed E-state index contributed by atoms with van der Waals surface area (Å²) in [5.74, 6) is -1.16. The first-order chi connectivity index (χ1) is 24.1. The fourth-order valence-corrected chi connectivity index (χ4v) is 5.86. The number of benzene rings is 4. The molecule has 4 N–H and O–H groups in total. The van der Waals surface area contributed by atoms with E-state index in [4.69, 9.17) is 4.74 Å². The first kappa shape index (κ1) is 34.2. The third kappa shape index (κ3) is 7.94. The van der Waals surface area contributed by atoms with E-state index in [1.165, 1.54) is 0 Å². The first-order valence-electron chi connectivity index (χ1n) is 16.3. The predicted octanol–water partition coefficient (Wildman–Crippen LogP) is 4.68. The summed E-state index contributed by atoms with van der Waals surface area (Å²) in [5.41, 5.74) is 3.74. The molecule has 0 aliphatic carbocycles. The van der Waals surface area contributed by atoms with Crippen molar-refractivity contribution in [2.24, 2.45) is 0 Å². The first-order valence-corrected chi connectivity index (χ1v) is 16.3. The highest BCUT2D eigenvalue weighted by Gasteiger charge is 2.33. The van der Waals surface area contributed by atoms with Gasteiger partial charge in [-0.15, -0.1) is 10.2 Å². The van der Waals surface area contributed by atoms with E-state index in [-0.39, 0.29) is 30.7 Å². The molecule has 0 bridgehead atoms. The smallest absolute Gasteiger partial charge is 0.256 e. The van der Waals surface area contributed by atoms with Crippen molar-refractivity contribution in [3.63, 3.8) is 0 Å². The predicted molar refractivity (Wildman–Crippen MR) is 187 cm³/mol. The number of hydrogen-bond donors (Lipinski definition) is 4. The summed E-state index contributed by atoms with van der Waals surface area (Å²) in [6.07, 6.45) is -1.47. The van der Waals surface area contributed by atoms with Crippen LogP contribution in [-0.4, -0.2) is 73.8 Å². The van der Waals surface area contributed by atoms with Crippen molar-refractivity contribution >= 4 is 23.4 Å². The van der Waals surface area contributed by atoms with Crippen LogP contribution in [0.5, 0.6) is 0 Å². The molecular formula is C38H39N7O5. The molecule has 1 aliphatic rings.